The van der Waals surface area contributed by atoms with E-state index >= 15 is 0 Å². The molecule has 2 atom stereocenters. The molecule has 2 unspecified atom stereocenters. The molecule has 1 fully saturated rings. The van der Waals surface area contributed by atoms with Crippen LogP contribution < -0.4 is 11.1 Å². The van der Waals surface area contributed by atoms with Gasteiger partial charge in [0.05, 0.1) is 5.92 Å². The number of carbonyl (C=O) groups excluding carboxylic acids is 1. The smallest absolute Gasteiger partial charge is 0.288 e. The summed E-state index contributed by atoms with van der Waals surface area (Å²) in [6, 6.07) is 6.51. The van der Waals surface area contributed by atoms with Crippen molar-refractivity contribution in [1.29, 1.82) is 0 Å². The average Bonchev–Trinajstić information content (AvgIpc) is 2.37. The van der Waals surface area contributed by atoms with Crippen LogP contribution in [-0.2, 0) is 4.79 Å². The summed E-state index contributed by atoms with van der Waals surface area (Å²) in [5, 5.41) is 2.80. The van der Waals surface area contributed by atoms with Gasteiger partial charge in [0.2, 0.25) is 5.91 Å². The number of benzene rings is 1. The van der Waals surface area contributed by atoms with Gasteiger partial charge in [-0.05, 0) is 38.0 Å². The highest BCUT2D eigenvalue weighted by Gasteiger charge is 2.37. The number of nitrogens with one attached hydrogen (secondary N) is 1. The number of rotatable bonds is 4. The van der Waals surface area contributed by atoms with Crippen LogP contribution in [0.5, 0.6) is 0 Å². The zero-order valence-corrected chi connectivity index (χ0v) is 14.0. The molecule has 22 heavy (non-hydrogen) atoms. The lowest BCUT2D eigenvalue weighted by molar-refractivity contribution is -0.122. The SMILES string of the molecule is CC1(N)CCCCC1C(=O)Nc1cccc(SC(F)F)c1.Cl. The van der Waals surface area contributed by atoms with Crippen LogP contribution in [0.4, 0.5) is 14.5 Å². The summed E-state index contributed by atoms with van der Waals surface area (Å²) < 4.78 is 24.7. The Balaban J connectivity index is 0.00000242. The summed E-state index contributed by atoms with van der Waals surface area (Å²) in [7, 11) is 0. The lowest BCUT2D eigenvalue weighted by Crippen LogP contribution is -2.51. The monoisotopic (exact) mass is 350 g/mol. The van der Waals surface area contributed by atoms with E-state index in [-0.39, 0.29) is 24.2 Å². The number of hydrogen-bond acceptors (Lipinski definition) is 3. The molecule has 1 aliphatic carbocycles. The van der Waals surface area contributed by atoms with E-state index in [0.717, 1.165) is 25.7 Å². The first-order valence-electron chi connectivity index (χ1n) is 7.03. The Hall–Kier alpha value is -0.850. The first-order chi connectivity index (χ1) is 9.88. The van der Waals surface area contributed by atoms with Gasteiger partial charge in [0, 0.05) is 16.1 Å². The van der Waals surface area contributed by atoms with Crippen molar-refractivity contribution in [3.63, 3.8) is 0 Å². The van der Waals surface area contributed by atoms with Crippen LogP contribution in [0, 0.1) is 5.92 Å². The lowest BCUT2D eigenvalue weighted by Gasteiger charge is -2.37. The van der Waals surface area contributed by atoms with Gasteiger partial charge < -0.3 is 11.1 Å². The molecule has 1 aromatic rings. The fourth-order valence-corrected chi connectivity index (χ4v) is 3.33. The number of alkyl halides is 2. The van der Waals surface area contributed by atoms with E-state index in [1.54, 1.807) is 24.3 Å². The zero-order valence-electron chi connectivity index (χ0n) is 12.4. The van der Waals surface area contributed by atoms with Crippen molar-refractivity contribution < 1.29 is 13.6 Å². The van der Waals surface area contributed by atoms with E-state index in [9.17, 15) is 13.6 Å². The molecule has 1 aliphatic rings. The molecule has 1 saturated carbocycles. The van der Waals surface area contributed by atoms with Crippen LogP contribution in [0.15, 0.2) is 29.2 Å². The topological polar surface area (TPSA) is 55.1 Å². The van der Waals surface area contributed by atoms with Crippen LogP contribution >= 0.6 is 24.2 Å². The Labute approximate surface area is 139 Å². The van der Waals surface area contributed by atoms with Crippen molar-refractivity contribution >= 4 is 35.8 Å². The van der Waals surface area contributed by atoms with Gasteiger partial charge in [-0.3, -0.25) is 4.79 Å². The maximum absolute atomic E-state index is 12.4. The maximum atomic E-state index is 12.4. The Kier molecular flexibility index (Phi) is 7.09. The number of nitrogens with two attached hydrogens (primary N) is 1. The largest absolute Gasteiger partial charge is 0.326 e. The van der Waals surface area contributed by atoms with Crippen molar-refractivity contribution in [2.75, 3.05) is 5.32 Å². The molecule has 3 N–H and O–H groups in total. The lowest BCUT2D eigenvalue weighted by atomic mass is 9.74. The van der Waals surface area contributed by atoms with Crippen molar-refractivity contribution in [3.8, 4) is 0 Å². The fraction of sp³-hybridized carbons (Fsp3) is 0.533. The molecule has 1 aromatic carbocycles. The van der Waals surface area contributed by atoms with E-state index < -0.39 is 11.3 Å². The third-order valence-corrected chi connectivity index (χ3v) is 4.60. The van der Waals surface area contributed by atoms with Crippen LogP contribution in [0.25, 0.3) is 0 Å². The minimum absolute atomic E-state index is 0. The Morgan fingerprint density at radius 3 is 2.82 bits per heavy atom. The summed E-state index contributed by atoms with van der Waals surface area (Å²) in [5.74, 6) is -2.84. The molecule has 3 nitrogen and oxygen atoms in total. The molecular formula is C15H21ClF2N2OS. The minimum Gasteiger partial charge on any atom is -0.326 e. The molecule has 0 spiro atoms. The van der Waals surface area contributed by atoms with Crippen LogP contribution in [-0.4, -0.2) is 17.2 Å². The molecule has 0 radical (unpaired) electrons. The highest BCUT2D eigenvalue weighted by atomic mass is 35.5. The molecule has 0 saturated heterocycles. The van der Waals surface area contributed by atoms with Gasteiger partial charge in [0.15, 0.2) is 0 Å². The van der Waals surface area contributed by atoms with Crippen molar-refractivity contribution in [2.24, 2.45) is 11.7 Å². The predicted octanol–water partition coefficient (Wildman–Crippen LogP) is 4.27. The average molecular weight is 351 g/mol. The van der Waals surface area contributed by atoms with E-state index in [4.69, 9.17) is 5.73 Å². The molecule has 0 heterocycles. The second kappa shape index (κ2) is 8.13. The van der Waals surface area contributed by atoms with Crippen molar-refractivity contribution in [2.45, 2.75) is 48.8 Å². The number of halogens is 3. The second-order valence-electron chi connectivity index (χ2n) is 5.70. The molecule has 7 heteroatoms. The van der Waals surface area contributed by atoms with Crippen molar-refractivity contribution in [3.05, 3.63) is 24.3 Å². The van der Waals surface area contributed by atoms with Crippen LogP contribution in [0.3, 0.4) is 0 Å². The van der Waals surface area contributed by atoms with Gasteiger partial charge in [-0.1, -0.05) is 30.7 Å². The van der Waals surface area contributed by atoms with Gasteiger partial charge in [-0.25, -0.2) is 0 Å². The van der Waals surface area contributed by atoms with Crippen LogP contribution in [0.1, 0.15) is 32.6 Å². The highest BCUT2D eigenvalue weighted by Crippen LogP contribution is 2.33. The molecule has 1 amide bonds. The summed E-state index contributed by atoms with van der Waals surface area (Å²) in [6.45, 7) is 1.90. The van der Waals surface area contributed by atoms with Gasteiger partial charge >= 0.3 is 0 Å². The summed E-state index contributed by atoms with van der Waals surface area (Å²) >= 11 is 0.466. The highest BCUT2D eigenvalue weighted by molar-refractivity contribution is 7.99. The Bertz CT molecular complexity index is 514. The standard InChI is InChI=1S/C15H20F2N2OS.ClH/c1-15(18)8-3-2-7-12(15)13(20)19-10-5-4-6-11(9-10)21-14(16)17;/h4-6,9,12,14H,2-3,7-8,18H2,1H3,(H,19,20);1H. The normalized spacial score (nSPS) is 24.7. The quantitative estimate of drug-likeness (QED) is 0.797. The van der Waals surface area contributed by atoms with E-state index in [1.807, 2.05) is 6.92 Å². The van der Waals surface area contributed by atoms with Crippen molar-refractivity contribution in [1.82, 2.24) is 0 Å². The number of anilines is 1. The predicted molar refractivity (Wildman–Crippen MR) is 88.7 cm³/mol. The third kappa shape index (κ3) is 5.11. The fourth-order valence-electron chi connectivity index (χ4n) is 2.77. The minimum atomic E-state index is -2.47. The molecular weight excluding hydrogens is 330 g/mol. The third-order valence-electron chi connectivity index (χ3n) is 3.90. The number of thioether (sulfide) groups is 1. The second-order valence-corrected chi connectivity index (χ2v) is 6.76. The van der Waals surface area contributed by atoms with E-state index in [2.05, 4.69) is 5.32 Å². The van der Waals surface area contributed by atoms with E-state index in [0.29, 0.717) is 22.3 Å². The van der Waals surface area contributed by atoms with Gasteiger partial charge in [-0.15, -0.1) is 12.4 Å². The van der Waals surface area contributed by atoms with Crippen LogP contribution in [0.2, 0.25) is 0 Å². The first kappa shape index (κ1) is 19.2. The number of carbonyl (C=O) groups is 1. The molecule has 0 aromatic heterocycles. The number of amides is 1. The zero-order chi connectivity index (χ0) is 15.5. The van der Waals surface area contributed by atoms with Gasteiger partial charge in [-0.2, -0.15) is 8.78 Å². The molecule has 0 bridgehead atoms. The Morgan fingerprint density at radius 2 is 2.18 bits per heavy atom. The van der Waals surface area contributed by atoms with Gasteiger partial charge in [0.1, 0.15) is 0 Å². The van der Waals surface area contributed by atoms with E-state index in [1.165, 1.54) is 0 Å². The molecule has 2 rings (SSSR count). The molecule has 124 valence electrons. The maximum Gasteiger partial charge on any atom is 0.288 e. The summed E-state index contributed by atoms with van der Waals surface area (Å²) in [5.41, 5.74) is 6.24. The van der Waals surface area contributed by atoms with Gasteiger partial charge in [0.25, 0.3) is 5.76 Å². The summed E-state index contributed by atoms with van der Waals surface area (Å²) in [6.07, 6.45) is 3.63. The Morgan fingerprint density at radius 1 is 1.45 bits per heavy atom. The summed E-state index contributed by atoms with van der Waals surface area (Å²) in [4.78, 5) is 12.8. The first-order valence-corrected chi connectivity index (χ1v) is 7.91. The number of hydrogen-bond donors (Lipinski definition) is 2. The molecule has 0 aliphatic heterocycles.